The van der Waals surface area contributed by atoms with Crippen LogP contribution in [0, 0.1) is 6.92 Å². The zero-order valence-electron chi connectivity index (χ0n) is 14.2. The second kappa shape index (κ2) is 7.99. The Hall–Kier alpha value is -1.90. The summed E-state index contributed by atoms with van der Waals surface area (Å²) in [5.41, 5.74) is 2.17. The van der Waals surface area contributed by atoms with Gasteiger partial charge in [0.05, 0.1) is 17.2 Å². The summed E-state index contributed by atoms with van der Waals surface area (Å²) in [7, 11) is -5.76. The third kappa shape index (κ3) is 5.84. The molecule has 6 nitrogen and oxygen atoms in total. The number of sulfonamides is 2. The number of nitrogens with zero attached hydrogens (tertiary/aromatic N) is 1. The van der Waals surface area contributed by atoms with Crippen LogP contribution in [0.5, 0.6) is 0 Å². The minimum Gasteiger partial charge on any atom is -0.273 e. The number of anilines is 1. The number of benzene rings is 2. The molecule has 25 heavy (non-hydrogen) atoms. The molecule has 0 saturated heterocycles. The minimum absolute atomic E-state index is 0.173. The van der Waals surface area contributed by atoms with E-state index in [4.69, 9.17) is 0 Å². The minimum atomic E-state index is -3.61. The zero-order chi connectivity index (χ0) is 18.5. The van der Waals surface area contributed by atoms with Crippen molar-refractivity contribution < 1.29 is 16.8 Å². The molecule has 2 aromatic carbocycles. The van der Waals surface area contributed by atoms with Crippen molar-refractivity contribution >= 4 is 25.7 Å². The van der Waals surface area contributed by atoms with Crippen LogP contribution in [0.25, 0.3) is 0 Å². The largest absolute Gasteiger partial charge is 0.273 e. The molecule has 0 radical (unpaired) electrons. The average molecular weight is 383 g/mol. The molecular weight excluding hydrogens is 360 g/mol. The Morgan fingerprint density at radius 1 is 0.960 bits per heavy atom. The van der Waals surface area contributed by atoms with Crippen LogP contribution in [0.4, 0.5) is 5.69 Å². The monoisotopic (exact) mass is 382 g/mol. The lowest BCUT2D eigenvalue weighted by Crippen LogP contribution is -2.36. The molecule has 0 aliphatic carbocycles. The standard InChI is InChI=1S/C17H22N2O4S2/c1-15-7-6-8-16(13-15)14-24(20,21)18-11-12-25(22,23)19(2)17-9-4-3-5-10-17/h3-10,13,18H,11-12,14H2,1-2H3. The van der Waals surface area contributed by atoms with Crippen LogP contribution < -0.4 is 9.03 Å². The van der Waals surface area contributed by atoms with Crippen molar-refractivity contribution in [2.45, 2.75) is 12.7 Å². The van der Waals surface area contributed by atoms with Crippen molar-refractivity contribution in [1.82, 2.24) is 4.72 Å². The summed E-state index contributed by atoms with van der Waals surface area (Å²) >= 11 is 0. The molecule has 2 rings (SSSR count). The van der Waals surface area contributed by atoms with E-state index in [1.54, 1.807) is 48.5 Å². The second-order valence-electron chi connectivity index (χ2n) is 5.76. The molecule has 1 N–H and O–H groups in total. The first kappa shape index (κ1) is 19.4. The lowest BCUT2D eigenvalue weighted by Gasteiger charge is -2.19. The number of nitrogens with one attached hydrogen (secondary N) is 1. The maximum Gasteiger partial charge on any atom is 0.236 e. The van der Waals surface area contributed by atoms with Crippen LogP contribution in [0.3, 0.4) is 0 Å². The lowest BCUT2D eigenvalue weighted by atomic mass is 10.2. The van der Waals surface area contributed by atoms with Gasteiger partial charge in [-0.25, -0.2) is 21.6 Å². The first-order valence-corrected chi connectivity index (χ1v) is 11.0. The Balaban J connectivity index is 1.94. The van der Waals surface area contributed by atoms with Crippen LogP contribution in [0.15, 0.2) is 54.6 Å². The number of hydrogen-bond donors (Lipinski definition) is 1. The summed E-state index contributed by atoms with van der Waals surface area (Å²) in [5, 5.41) is 0. The van der Waals surface area contributed by atoms with Crippen LogP contribution in [-0.4, -0.2) is 36.2 Å². The van der Waals surface area contributed by atoms with E-state index in [-0.39, 0.29) is 18.1 Å². The Bertz CT molecular complexity index is 911. The molecule has 0 unspecified atom stereocenters. The fraction of sp³-hybridized carbons (Fsp3) is 0.294. The SMILES string of the molecule is Cc1cccc(CS(=O)(=O)NCCS(=O)(=O)N(C)c2ccccc2)c1. The van der Waals surface area contributed by atoms with Crippen LogP contribution in [0.1, 0.15) is 11.1 Å². The highest BCUT2D eigenvalue weighted by Gasteiger charge is 2.19. The summed E-state index contributed by atoms with van der Waals surface area (Å²) in [4.78, 5) is 0. The van der Waals surface area contributed by atoms with Gasteiger partial charge in [0.25, 0.3) is 0 Å². The highest BCUT2D eigenvalue weighted by atomic mass is 32.2. The average Bonchev–Trinajstić information content (AvgIpc) is 2.54. The molecule has 0 aliphatic heterocycles. The molecule has 2 aromatic rings. The van der Waals surface area contributed by atoms with Gasteiger partial charge in [0.2, 0.25) is 20.0 Å². The van der Waals surface area contributed by atoms with Gasteiger partial charge in [0, 0.05) is 13.6 Å². The van der Waals surface area contributed by atoms with Crippen LogP contribution in [-0.2, 0) is 25.8 Å². The normalized spacial score (nSPS) is 12.1. The molecular formula is C17H22N2O4S2. The van der Waals surface area contributed by atoms with Gasteiger partial charge in [0.1, 0.15) is 0 Å². The van der Waals surface area contributed by atoms with Gasteiger partial charge < -0.3 is 0 Å². The highest BCUT2D eigenvalue weighted by molar-refractivity contribution is 7.92. The number of aryl methyl sites for hydroxylation is 1. The Morgan fingerprint density at radius 2 is 1.64 bits per heavy atom. The molecule has 0 bridgehead atoms. The molecule has 8 heteroatoms. The van der Waals surface area contributed by atoms with Gasteiger partial charge in [-0.15, -0.1) is 0 Å². The highest BCUT2D eigenvalue weighted by Crippen LogP contribution is 2.15. The Kier molecular flexibility index (Phi) is 6.21. The first-order chi connectivity index (χ1) is 11.7. The van der Waals surface area contributed by atoms with E-state index < -0.39 is 20.0 Å². The maximum absolute atomic E-state index is 12.3. The molecule has 136 valence electrons. The summed E-state index contributed by atoms with van der Waals surface area (Å²) in [6.07, 6.45) is 0. The van der Waals surface area contributed by atoms with Crippen molar-refractivity contribution in [3.05, 3.63) is 65.7 Å². The van der Waals surface area contributed by atoms with Crippen molar-refractivity contribution in [2.75, 3.05) is 23.7 Å². The smallest absolute Gasteiger partial charge is 0.236 e. The molecule has 0 aromatic heterocycles. The number of para-hydroxylation sites is 1. The molecule has 0 amide bonds. The second-order valence-corrected chi connectivity index (χ2v) is 9.69. The van der Waals surface area contributed by atoms with E-state index in [9.17, 15) is 16.8 Å². The zero-order valence-corrected chi connectivity index (χ0v) is 15.8. The molecule has 0 heterocycles. The molecule has 0 spiro atoms. The molecule has 0 aliphatic rings. The van der Waals surface area contributed by atoms with Crippen molar-refractivity contribution in [2.24, 2.45) is 0 Å². The van der Waals surface area contributed by atoms with Crippen LogP contribution in [0.2, 0.25) is 0 Å². The van der Waals surface area contributed by atoms with Crippen molar-refractivity contribution in [3.63, 3.8) is 0 Å². The van der Waals surface area contributed by atoms with Gasteiger partial charge in [0.15, 0.2) is 0 Å². The quantitative estimate of drug-likeness (QED) is 0.756. The van der Waals surface area contributed by atoms with E-state index in [1.165, 1.54) is 7.05 Å². The van der Waals surface area contributed by atoms with E-state index in [0.717, 1.165) is 9.87 Å². The third-order valence-electron chi connectivity index (χ3n) is 3.66. The lowest BCUT2D eigenvalue weighted by molar-refractivity contribution is 0.580. The van der Waals surface area contributed by atoms with E-state index in [0.29, 0.717) is 11.3 Å². The summed E-state index contributed by atoms with van der Waals surface area (Å²) in [5.74, 6) is -0.491. The predicted molar refractivity (Wildman–Crippen MR) is 100 cm³/mol. The topological polar surface area (TPSA) is 83.5 Å². The van der Waals surface area contributed by atoms with Gasteiger partial charge in [-0.3, -0.25) is 4.31 Å². The van der Waals surface area contributed by atoms with Gasteiger partial charge in [-0.05, 0) is 24.6 Å². The fourth-order valence-corrected chi connectivity index (χ4v) is 4.67. The van der Waals surface area contributed by atoms with Crippen molar-refractivity contribution in [3.8, 4) is 0 Å². The van der Waals surface area contributed by atoms with E-state index in [2.05, 4.69) is 4.72 Å². The van der Waals surface area contributed by atoms with E-state index in [1.807, 2.05) is 13.0 Å². The Labute approximate surface area is 149 Å². The van der Waals surface area contributed by atoms with E-state index >= 15 is 0 Å². The fourth-order valence-electron chi connectivity index (χ4n) is 2.33. The first-order valence-electron chi connectivity index (χ1n) is 7.74. The molecule has 0 fully saturated rings. The third-order valence-corrected chi connectivity index (χ3v) is 6.78. The maximum atomic E-state index is 12.3. The van der Waals surface area contributed by atoms with Crippen molar-refractivity contribution in [1.29, 1.82) is 0 Å². The Morgan fingerprint density at radius 3 is 2.28 bits per heavy atom. The molecule has 0 saturated carbocycles. The number of hydrogen-bond acceptors (Lipinski definition) is 4. The van der Waals surface area contributed by atoms with Gasteiger partial charge in [-0.1, -0.05) is 48.0 Å². The van der Waals surface area contributed by atoms with Crippen LogP contribution >= 0.6 is 0 Å². The predicted octanol–water partition coefficient (Wildman–Crippen LogP) is 1.88. The summed E-state index contributed by atoms with van der Waals surface area (Å²) in [6, 6.07) is 15.8. The van der Waals surface area contributed by atoms with Gasteiger partial charge in [-0.2, -0.15) is 0 Å². The summed E-state index contributed by atoms with van der Waals surface area (Å²) < 4.78 is 52.4. The van der Waals surface area contributed by atoms with Gasteiger partial charge >= 0.3 is 0 Å². The summed E-state index contributed by atoms with van der Waals surface area (Å²) in [6.45, 7) is 1.71. The molecule has 0 atom stereocenters. The number of rotatable bonds is 8.